The minimum Gasteiger partial charge on any atom is -0.389 e. The smallest absolute Gasteiger partial charge is 0.0740 e. The third kappa shape index (κ3) is 4.40. The first-order valence-electron chi connectivity index (χ1n) is 6.62. The molecule has 1 saturated heterocycles. The van der Waals surface area contributed by atoms with Crippen LogP contribution >= 0.6 is 0 Å². The van der Waals surface area contributed by atoms with E-state index in [2.05, 4.69) is 24.1 Å². The lowest BCUT2D eigenvalue weighted by atomic mass is 10.0. The molecule has 1 aliphatic rings. The zero-order valence-corrected chi connectivity index (χ0v) is 11.3. The molecule has 1 aliphatic heterocycles. The fourth-order valence-electron chi connectivity index (χ4n) is 2.17. The van der Waals surface area contributed by atoms with Gasteiger partial charge in [-0.25, -0.2) is 0 Å². The first-order valence-corrected chi connectivity index (χ1v) is 6.62. The molecule has 0 aromatic heterocycles. The first kappa shape index (κ1) is 13.9. The summed E-state index contributed by atoms with van der Waals surface area (Å²) < 4.78 is 0. The highest BCUT2D eigenvalue weighted by Crippen LogP contribution is 2.17. The van der Waals surface area contributed by atoms with E-state index >= 15 is 0 Å². The molecule has 0 saturated carbocycles. The Balaban J connectivity index is 2.16. The Kier molecular flexibility index (Phi) is 5.22. The Labute approximate surface area is 100 Å². The molecule has 96 valence electrons. The average Bonchev–Trinajstić information content (AvgIpc) is 2.66. The van der Waals surface area contributed by atoms with Gasteiger partial charge in [-0.15, -0.1) is 0 Å². The monoisotopic (exact) mass is 228 g/mol. The van der Waals surface area contributed by atoms with Gasteiger partial charge in [0.2, 0.25) is 0 Å². The van der Waals surface area contributed by atoms with Gasteiger partial charge in [0.15, 0.2) is 0 Å². The number of aliphatic hydroxyl groups is 1. The summed E-state index contributed by atoms with van der Waals surface area (Å²) in [4.78, 5) is 2.53. The van der Waals surface area contributed by atoms with Crippen molar-refractivity contribution in [3.05, 3.63) is 0 Å². The van der Waals surface area contributed by atoms with Crippen LogP contribution in [0.1, 0.15) is 40.5 Å². The molecule has 16 heavy (non-hydrogen) atoms. The average molecular weight is 228 g/mol. The van der Waals surface area contributed by atoms with Crippen LogP contribution in [0.25, 0.3) is 0 Å². The zero-order valence-electron chi connectivity index (χ0n) is 11.3. The predicted molar refractivity (Wildman–Crippen MR) is 68.6 cm³/mol. The van der Waals surface area contributed by atoms with E-state index in [0.717, 1.165) is 18.9 Å². The highest BCUT2D eigenvalue weighted by atomic mass is 16.3. The number of hydrogen-bond acceptors (Lipinski definition) is 3. The summed E-state index contributed by atoms with van der Waals surface area (Å²) in [7, 11) is 0. The van der Waals surface area contributed by atoms with Crippen LogP contribution in [0.15, 0.2) is 0 Å². The second-order valence-corrected chi connectivity index (χ2v) is 5.72. The predicted octanol–water partition coefficient (Wildman–Crippen LogP) is 1.47. The van der Waals surface area contributed by atoms with Gasteiger partial charge < -0.3 is 15.3 Å². The van der Waals surface area contributed by atoms with E-state index in [-0.39, 0.29) is 0 Å². The Morgan fingerprint density at radius 1 is 1.50 bits per heavy atom. The van der Waals surface area contributed by atoms with Crippen molar-refractivity contribution in [2.75, 3.05) is 26.2 Å². The third-order valence-corrected chi connectivity index (χ3v) is 3.75. The summed E-state index contributed by atoms with van der Waals surface area (Å²) >= 11 is 0. The van der Waals surface area contributed by atoms with E-state index in [1.54, 1.807) is 0 Å². The van der Waals surface area contributed by atoms with Crippen LogP contribution in [-0.2, 0) is 0 Å². The second-order valence-electron chi connectivity index (χ2n) is 5.72. The molecule has 2 unspecified atom stereocenters. The number of hydrogen-bond donors (Lipinski definition) is 2. The minimum atomic E-state index is -0.545. The normalized spacial score (nSPS) is 26.2. The van der Waals surface area contributed by atoms with Crippen LogP contribution in [0.2, 0.25) is 0 Å². The molecule has 1 fully saturated rings. The standard InChI is InChI=1S/C13H28N2O/c1-5-13(4,16)10-14-8-12-6-7-15(9-12)11(2)3/h11-12,14,16H,5-10H2,1-4H3. The topological polar surface area (TPSA) is 35.5 Å². The van der Waals surface area contributed by atoms with Crippen LogP contribution in [-0.4, -0.2) is 47.8 Å². The second kappa shape index (κ2) is 5.99. The van der Waals surface area contributed by atoms with Gasteiger partial charge in [-0.2, -0.15) is 0 Å². The molecule has 0 aromatic carbocycles. The highest BCUT2D eigenvalue weighted by Gasteiger charge is 2.24. The lowest BCUT2D eigenvalue weighted by molar-refractivity contribution is 0.0550. The Morgan fingerprint density at radius 3 is 2.69 bits per heavy atom. The van der Waals surface area contributed by atoms with E-state index in [0.29, 0.717) is 12.6 Å². The third-order valence-electron chi connectivity index (χ3n) is 3.75. The van der Waals surface area contributed by atoms with Crippen molar-refractivity contribution in [2.24, 2.45) is 5.92 Å². The van der Waals surface area contributed by atoms with E-state index in [1.807, 2.05) is 13.8 Å². The van der Waals surface area contributed by atoms with Gasteiger partial charge in [0.25, 0.3) is 0 Å². The molecule has 0 spiro atoms. The molecule has 3 nitrogen and oxygen atoms in total. The summed E-state index contributed by atoms with van der Waals surface area (Å²) in [6, 6.07) is 0.670. The van der Waals surface area contributed by atoms with E-state index in [4.69, 9.17) is 0 Å². The van der Waals surface area contributed by atoms with Crippen molar-refractivity contribution in [3.8, 4) is 0 Å². The molecule has 2 atom stereocenters. The fraction of sp³-hybridized carbons (Fsp3) is 1.00. The highest BCUT2D eigenvalue weighted by molar-refractivity contribution is 4.81. The van der Waals surface area contributed by atoms with Crippen LogP contribution in [0.5, 0.6) is 0 Å². The van der Waals surface area contributed by atoms with Crippen molar-refractivity contribution in [1.29, 1.82) is 0 Å². The number of rotatable bonds is 6. The lowest BCUT2D eigenvalue weighted by Crippen LogP contribution is -2.39. The summed E-state index contributed by atoms with van der Waals surface area (Å²) in [5, 5.41) is 13.3. The van der Waals surface area contributed by atoms with E-state index in [1.165, 1.54) is 19.5 Å². The van der Waals surface area contributed by atoms with Gasteiger partial charge in [0, 0.05) is 19.1 Å². The lowest BCUT2D eigenvalue weighted by Gasteiger charge is -2.23. The SMILES string of the molecule is CCC(C)(O)CNCC1CCN(C(C)C)C1. The number of nitrogens with one attached hydrogen (secondary N) is 1. The largest absolute Gasteiger partial charge is 0.389 e. The van der Waals surface area contributed by atoms with Crippen LogP contribution < -0.4 is 5.32 Å². The summed E-state index contributed by atoms with van der Waals surface area (Å²) in [6.45, 7) is 12.6. The van der Waals surface area contributed by atoms with Crippen LogP contribution in [0.4, 0.5) is 0 Å². The summed E-state index contributed by atoms with van der Waals surface area (Å²) in [5.41, 5.74) is -0.545. The van der Waals surface area contributed by atoms with Gasteiger partial charge in [-0.1, -0.05) is 6.92 Å². The molecule has 0 radical (unpaired) electrons. The molecule has 0 bridgehead atoms. The van der Waals surface area contributed by atoms with E-state index in [9.17, 15) is 5.11 Å². The van der Waals surface area contributed by atoms with Crippen LogP contribution in [0.3, 0.4) is 0 Å². The van der Waals surface area contributed by atoms with Gasteiger partial charge >= 0.3 is 0 Å². The maximum atomic E-state index is 9.86. The van der Waals surface area contributed by atoms with Crippen molar-refractivity contribution in [2.45, 2.75) is 52.2 Å². The van der Waals surface area contributed by atoms with Crippen molar-refractivity contribution in [1.82, 2.24) is 10.2 Å². The van der Waals surface area contributed by atoms with Gasteiger partial charge in [-0.3, -0.25) is 0 Å². The molecular formula is C13H28N2O. The maximum absolute atomic E-state index is 9.86. The van der Waals surface area contributed by atoms with E-state index < -0.39 is 5.60 Å². The minimum absolute atomic E-state index is 0.545. The summed E-state index contributed by atoms with van der Waals surface area (Å²) in [6.07, 6.45) is 2.10. The molecule has 0 aromatic rings. The maximum Gasteiger partial charge on any atom is 0.0740 e. The number of likely N-dealkylation sites (tertiary alicyclic amines) is 1. The number of nitrogens with zero attached hydrogens (tertiary/aromatic N) is 1. The zero-order chi connectivity index (χ0) is 12.2. The molecule has 3 heteroatoms. The molecule has 1 heterocycles. The summed E-state index contributed by atoms with van der Waals surface area (Å²) in [5.74, 6) is 0.759. The molecular weight excluding hydrogens is 200 g/mol. The Morgan fingerprint density at radius 2 is 2.19 bits per heavy atom. The van der Waals surface area contributed by atoms with Crippen molar-refractivity contribution in [3.63, 3.8) is 0 Å². The molecule has 0 amide bonds. The van der Waals surface area contributed by atoms with Crippen LogP contribution in [0, 0.1) is 5.92 Å². The molecule has 2 N–H and O–H groups in total. The van der Waals surface area contributed by atoms with Gasteiger partial charge in [-0.05, 0) is 52.6 Å². The fourth-order valence-corrected chi connectivity index (χ4v) is 2.17. The Bertz CT molecular complexity index is 204. The van der Waals surface area contributed by atoms with Gasteiger partial charge in [0.05, 0.1) is 5.60 Å². The first-order chi connectivity index (χ1) is 7.44. The Hall–Kier alpha value is -0.120. The molecule has 1 rings (SSSR count). The molecule has 0 aliphatic carbocycles. The quantitative estimate of drug-likeness (QED) is 0.722. The van der Waals surface area contributed by atoms with Crippen molar-refractivity contribution < 1.29 is 5.11 Å². The van der Waals surface area contributed by atoms with Crippen molar-refractivity contribution >= 4 is 0 Å². The van der Waals surface area contributed by atoms with Gasteiger partial charge in [0.1, 0.15) is 0 Å².